The van der Waals surface area contributed by atoms with Gasteiger partial charge >= 0.3 is 0 Å². The fourth-order valence-electron chi connectivity index (χ4n) is 2.49. The van der Waals surface area contributed by atoms with Gasteiger partial charge in [0.1, 0.15) is 0 Å². The van der Waals surface area contributed by atoms with Gasteiger partial charge in [0, 0.05) is 23.2 Å². The van der Waals surface area contributed by atoms with Crippen molar-refractivity contribution in [1.82, 2.24) is 4.90 Å². The molecule has 3 amide bonds. The summed E-state index contributed by atoms with van der Waals surface area (Å²) in [5.74, 6) is -3.07. The first-order chi connectivity index (χ1) is 11.8. The van der Waals surface area contributed by atoms with E-state index in [4.69, 9.17) is 11.6 Å². The Bertz CT molecular complexity index is 954. The van der Waals surface area contributed by atoms with Gasteiger partial charge in [-0.25, -0.2) is 0 Å². The molecule has 0 radical (unpaired) electrons. The van der Waals surface area contributed by atoms with E-state index in [0.29, 0.717) is 0 Å². The number of aromatic carboxylic acids is 1. The number of carboxylic acids is 1. The molecule has 0 spiro atoms. The van der Waals surface area contributed by atoms with Crippen LogP contribution in [-0.4, -0.2) is 35.6 Å². The van der Waals surface area contributed by atoms with Crippen LogP contribution in [0.5, 0.6) is 0 Å². The van der Waals surface area contributed by atoms with Gasteiger partial charge in [-0.05, 0) is 36.4 Å². The lowest BCUT2D eigenvalue weighted by Gasteiger charge is -2.12. The number of benzene rings is 2. The van der Waals surface area contributed by atoms with Crippen molar-refractivity contribution in [3.63, 3.8) is 0 Å². The zero-order valence-corrected chi connectivity index (χ0v) is 13.6. The highest BCUT2D eigenvalue weighted by molar-refractivity contribution is 6.31. The minimum atomic E-state index is -1.47. The maximum Gasteiger partial charge on any atom is 0.261 e. The molecule has 2 aromatic carbocycles. The van der Waals surface area contributed by atoms with Gasteiger partial charge in [-0.1, -0.05) is 11.6 Å². The maximum atomic E-state index is 12.4. The lowest BCUT2D eigenvalue weighted by atomic mass is 10.0. The summed E-state index contributed by atoms with van der Waals surface area (Å²) in [7, 11) is 1.35. The summed E-state index contributed by atoms with van der Waals surface area (Å²) in [6.45, 7) is 0. The highest BCUT2D eigenvalue weighted by Crippen LogP contribution is 2.25. The number of nitrogens with one attached hydrogen (secondary N) is 1. The second-order valence-corrected chi connectivity index (χ2v) is 5.80. The van der Waals surface area contributed by atoms with Crippen molar-refractivity contribution in [1.29, 1.82) is 0 Å². The molecule has 0 unspecified atom stereocenters. The molecule has 0 atom stereocenters. The van der Waals surface area contributed by atoms with Gasteiger partial charge < -0.3 is 15.2 Å². The zero-order valence-electron chi connectivity index (χ0n) is 12.8. The Morgan fingerprint density at radius 2 is 1.72 bits per heavy atom. The predicted molar refractivity (Wildman–Crippen MR) is 86.6 cm³/mol. The lowest BCUT2D eigenvalue weighted by Crippen LogP contribution is -2.25. The maximum absolute atomic E-state index is 12.4. The second-order valence-electron chi connectivity index (χ2n) is 5.36. The van der Waals surface area contributed by atoms with Crippen molar-refractivity contribution in [3.8, 4) is 0 Å². The van der Waals surface area contributed by atoms with E-state index in [-0.39, 0.29) is 33.0 Å². The van der Waals surface area contributed by atoms with Crippen LogP contribution in [-0.2, 0) is 0 Å². The van der Waals surface area contributed by atoms with E-state index in [9.17, 15) is 24.3 Å². The molecule has 0 aliphatic carbocycles. The molecule has 126 valence electrons. The van der Waals surface area contributed by atoms with Gasteiger partial charge in [-0.2, -0.15) is 0 Å². The van der Waals surface area contributed by atoms with E-state index in [1.165, 1.54) is 43.4 Å². The fraction of sp³-hybridized carbons (Fsp3) is 0.0588. The van der Waals surface area contributed by atoms with Gasteiger partial charge in [-0.15, -0.1) is 0 Å². The number of rotatable bonds is 3. The highest BCUT2D eigenvalue weighted by atomic mass is 35.5. The summed E-state index contributed by atoms with van der Waals surface area (Å²) >= 11 is 5.83. The standard InChI is InChI=1S/C17H11ClN2O5/c1-20-15(22)10-4-2-8(6-12(10)16(20)23)14(21)19-13-7-9(18)3-5-11(13)17(24)25/h2-7H,1H3,(H,19,21)(H,24,25)/p-1. The molecule has 0 saturated heterocycles. The Morgan fingerprint density at radius 1 is 1.04 bits per heavy atom. The molecular formula is C17H10ClN2O5-. The highest BCUT2D eigenvalue weighted by Gasteiger charge is 2.33. The number of hydrogen-bond donors (Lipinski definition) is 1. The van der Waals surface area contributed by atoms with Crippen LogP contribution < -0.4 is 10.4 Å². The van der Waals surface area contributed by atoms with Gasteiger partial charge in [-0.3, -0.25) is 19.3 Å². The number of anilines is 1. The van der Waals surface area contributed by atoms with Crippen molar-refractivity contribution < 1.29 is 24.3 Å². The molecule has 7 nitrogen and oxygen atoms in total. The van der Waals surface area contributed by atoms with Crippen LogP contribution in [0.15, 0.2) is 36.4 Å². The summed E-state index contributed by atoms with van der Waals surface area (Å²) in [4.78, 5) is 48.3. The van der Waals surface area contributed by atoms with Crippen molar-refractivity contribution in [2.75, 3.05) is 12.4 Å². The summed E-state index contributed by atoms with van der Waals surface area (Å²) in [6.07, 6.45) is 0. The number of hydrogen-bond acceptors (Lipinski definition) is 5. The molecule has 0 bridgehead atoms. The van der Waals surface area contributed by atoms with Crippen LogP contribution in [0, 0.1) is 0 Å². The smallest absolute Gasteiger partial charge is 0.261 e. The lowest BCUT2D eigenvalue weighted by molar-refractivity contribution is -0.254. The Balaban J connectivity index is 1.94. The summed E-state index contributed by atoms with van der Waals surface area (Å²) < 4.78 is 0. The Kier molecular flexibility index (Phi) is 4.02. The van der Waals surface area contributed by atoms with Crippen LogP contribution in [0.4, 0.5) is 5.69 Å². The topological polar surface area (TPSA) is 107 Å². The molecular weight excluding hydrogens is 348 g/mol. The Hall–Kier alpha value is -3.19. The minimum Gasteiger partial charge on any atom is -0.545 e. The quantitative estimate of drug-likeness (QED) is 0.830. The van der Waals surface area contributed by atoms with E-state index < -0.39 is 23.7 Å². The number of halogens is 1. The SMILES string of the molecule is CN1C(=O)c2ccc(C(=O)Nc3cc(Cl)ccc3C(=O)[O-])cc2C1=O. The first-order valence-corrected chi connectivity index (χ1v) is 7.46. The zero-order chi connectivity index (χ0) is 18.3. The molecule has 1 aliphatic rings. The average Bonchev–Trinajstić information content (AvgIpc) is 2.79. The number of nitrogens with zero attached hydrogens (tertiary/aromatic N) is 1. The molecule has 2 aromatic rings. The number of carboxylic acid groups (broad SMARTS) is 1. The van der Waals surface area contributed by atoms with Crippen molar-refractivity contribution >= 4 is 41.0 Å². The third kappa shape index (κ3) is 2.85. The molecule has 8 heteroatoms. The van der Waals surface area contributed by atoms with Crippen LogP contribution >= 0.6 is 11.6 Å². The van der Waals surface area contributed by atoms with Crippen molar-refractivity contribution in [2.24, 2.45) is 0 Å². The number of amides is 3. The molecule has 0 fully saturated rings. The van der Waals surface area contributed by atoms with Gasteiger partial charge in [0.2, 0.25) is 0 Å². The molecule has 1 aliphatic heterocycles. The van der Waals surface area contributed by atoms with Crippen LogP contribution in [0.3, 0.4) is 0 Å². The van der Waals surface area contributed by atoms with E-state index in [1.807, 2.05) is 0 Å². The number of fused-ring (bicyclic) bond motifs is 1. The first kappa shape index (κ1) is 16.7. The monoisotopic (exact) mass is 357 g/mol. The molecule has 1 heterocycles. The molecule has 3 rings (SSSR count). The van der Waals surface area contributed by atoms with Crippen LogP contribution in [0.2, 0.25) is 5.02 Å². The van der Waals surface area contributed by atoms with Crippen LogP contribution in [0.25, 0.3) is 0 Å². The minimum absolute atomic E-state index is 0.0301. The normalized spacial score (nSPS) is 13.0. The van der Waals surface area contributed by atoms with Crippen molar-refractivity contribution in [2.45, 2.75) is 0 Å². The predicted octanol–water partition coefficient (Wildman–Crippen LogP) is 1.18. The molecule has 1 N–H and O–H groups in total. The molecule has 25 heavy (non-hydrogen) atoms. The van der Waals surface area contributed by atoms with Gasteiger partial charge in [0.25, 0.3) is 17.7 Å². The Labute approximate surface area is 146 Å². The summed E-state index contributed by atoms with van der Waals surface area (Å²) in [6, 6.07) is 7.90. The average molecular weight is 358 g/mol. The second kappa shape index (κ2) is 6.03. The third-order valence-corrected chi connectivity index (χ3v) is 4.04. The summed E-state index contributed by atoms with van der Waals surface area (Å²) in [5.41, 5.74) is 0.162. The Morgan fingerprint density at radius 3 is 2.40 bits per heavy atom. The van der Waals surface area contributed by atoms with E-state index in [2.05, 4.69) is 5.32 Å². The molecule has 0 saturated carbocycles. The number of carbonyl (C=O) groups excluding carboxylic acids is 4. The van der Waals surface area contributed by atoms with E-state index in [0.717, 1.165) is 4.90 Å². The first-order valence-electron chi connectivity index (χ1n) is 7.08. The third-order valence-electron chi connectivity index (χ3n) is 3.80. The largest absolute Gasteiger partial charge is 0.545 e. The van der Waals surface area contributed by atoms with Gasteiger partial charge in [0.05, 0.1) is 22.8 Å². The number of carbonyl (C=O) groups is 4. The fourth-order valence-corrected chi connectivity index (χ4v) is 2.67. The van der Waals surface area contributed by atoms with E-state index in [1.54, 1.807) is 0 Å². The van der Waals surface area contributed by atoms with E-state index >= 15 is 0 Å². The molecule has 0 aromatic heterocycles. The number of imide groups is 1. The van der Waals surface area contributed by atoms with Gasteiger partial charge in [0.15, 0.2) is 0 Å². The van der Waals surface area contributed by atoms with Crippen LogP contribution in [0.1, 0.15) is 41.4 Å². The summed E-state index contributed by atoms with van der Waals surface area (Å²) in [5, 5.41) is 13.8. The van der Waals surface area contributed by atoms with Crippen molar-refractivity contribution in [3.05, 3.63) is 63.7 Å².